The maximum atomic E-state index is 6.75. The number of hydrogen-bond acceptors (Lipinski definition) is 14. The number of amidine groups is 1. The van der Waals surface area contributed by atoms with E-state index in [-0.39, 0.29) is 29.0 Å². The van der Waals surface area contributed by atoms with Gasteiger partial charge in [-0.3, -0.25) is 10.9 Å². The Hall–Kier alpha value is -5.38. The number of nitrogens with zero attached hydrogens (tertiary/aromatic N) is 6. The molecule has 1 aliphatic rings. The summed E-state index contributed by atoms with van der Waals surface area (Å²) >= 11 is 0. The number of benzene rings is 1. The molecule has 0 fully saturated rings. The lowest BCUT2D eigenvalue weighted by Crippen LogP contribution is -2.52. The van der Waals surface area contributed by atoms with Gasteiger partial charge >= 0.3 is 6.02 Å². The fourth-order valence-electron chi connectivity index (χ4n) is 4.47. The van der Waals surface area contributed by atoms with E-state index in [0.29, 0.717) is 34.2 Å². The van der Waals surface area contributed by atoms with Crippen LogP contribution in [0.4, 0.5) is 17.3 Å². The number of ether oxygens (including phenoxy) is 2. The molecule has 248 valence electrons. The van der Waals surface area contributed by atoms with Crippen molar-refractivity contribution in [2.24, 2.45) is 32.6 Å². The summed E-state index contributed by atoms with van der Waals surface area (Å²) < 4.78 is 14.0. The van der Waals surface area contributed by atoms with Crippen molar-refractivity contribution in [1.82, 2.24) is 30.2 Å². The Morgan fingerprint density at radius 1 is 1.04 bits per heavy atom. The molecular weight excluding hydrogens is 588 g/mol. The van der Waals surface area contributed by atoms with Crippen LogP contribution in [0.3, 0.4) is 0 Å². The number of anilines is 3. The summed E-state index contributed by atoms with van der Waals surface area (Å²) in [4.78, 5) is 8.87. The van der Waals surface area contributed by atoms with Gasteiger partial charge < -0.3 is 43.0 Å². The molecule has 0 aliphatic carbocycles. The molecule has 12 N–H and O–H groups in total. The average molecular weight is 635 g/mol. The number of aromatic nitrogens is 4. The lowest BCUT2D eigenvalue weighted by atomic mass is 9.85. The van der Waals surface area contributed by atoms with E-state index in [2.05, 4.69) is 43.1 Å². The van der Waals surface area contributed by atoms with Crippen molar-refractivity contribution in [1.29, 1.82) is 0 Å². The minimum atomic E-state index is -0.827. The van der Waals surface area contributed by atoms with Gasteiger partial charge in [0, 0.05) is 5.41 Å². The molecular formula is C30H46N14O2. The first kappa shape index (κ1) is 33.5. The first-order valence-corrected chi connectivity index (χ1v) is 14.6. The normalized spacial score (nSPS) is 16.3. The number of para-hydroxylation sites is 1. The highest BCUT2D eigenvalue weighted by Gasteiger charge is 2.31. The molecule has 0 saturated carbocycles. The summed E-state index contributed by atoms with van der Waals surface area (Å²) in [6.45, 7) is 16.0. The molecule has 4 rings (SSSR count). The van der Waals surface area contributed by atoms with Gasteiger partial charge in [0.05, 0.1) is 49.1 Å². The van der Waals surface area contributed by atoms with E-state index in [0.717, 1.165) is 5.69 Å². The summed E-state index contributed by atoms with van der Waals surface area (Å²) in [5.41, 5.74) is 34.3. The zero-order chi connectivity index (χ0) is 34.0. The summed E-state index contributed by atoms with van der Waals surface area (Å²) in [7, 11) is 3.00. The molecule has 0 radical (unpaired) electrons. The maximum absolute atomic E-state index is 6.75. The van der Waals surface area contributed by atoms with E-state index in [1.54, 1.807) is 18.0 Å². The van der Waals surface area contributed by atoms with Crippen LogP contribution in [0.25, 0.3) is 11.4 Å². The number of aliphatic imine (C=N–C) groups is 2. The third-order valence-electron chi connectivity index (χ3n) is 7.22. The second-order valence-corrected chi connectivity index (χ2v) is 12.8. The van der Waals surface area contributed by atoms with E-state index < -0.39 is 17.7 Å². The van der Waals surface area contributed by atoms with Gasteiger partial charge in [0.2, 0.25) is 12.2 Å². The topological polar surface area (TPSA) is 231 Å². The fraction of sp³-hybridized carbons (Fsp3) is 0.400. The predicted molar refractivity (Wildman–Crippen MR) is 182 cm³/mol. The molecule has 2 unspecified atom stereocenters. The van der Waals surface area contributed by atoms with Crippen LogP contribution in [0.2, 0.25) is 0 Å². The number of nitrogens with one attached hydrogen (secondary N) is 4. The van der Waals surface area contributed by atoms with Crippen molar-refractivity contribution in [3.05, 3.63) is 65.9 Å². The lowest BCUT2D eigenvalue weighted by molar-refractivity contribution is 0.346. The van der Waals surface area contributed by atoms with Crippen LogP contribution >= 0.6 is 0 Å². The van der Waals surface area contributed by atoms with Crippen molar-refractivity contribution in [3.63, 3.8) is 0 Å². The molecule has 16 nitrogen and oxygen atoms in total. The van der Waals surface area contributed by atoms with Crippen molar-refractivity contribution in [2.45, 2.75) is 59.3 Å². The molecule has 2 atom stereocenters. The van der Waals surface area contributed by atoms with Crippen LogP contribution in [0.5, 0.6) is 0 Å². The molecule has 0 saturated heterocycles. The molecule has 0 amide bonds. The van der Waals surface area contributed by atoms with Gasteiger partial charge in [0.1, 0.15) is 17.3 Å². The number of nitrogens with two attached hydrogens (primary N) is 4. The lowest BCUT2D eigenvalue weighted by Gasteiger charge is -2.30. The fourth-order valence-corrected chi connectivity index (χ4v) is 4.47. The highest BCUT2D eigenvalue weighted by atomic mass is 16.5. The van der Waals surface area contributed by atoms with Crippen LogP contribution in [-0.2, 0) is 14.9 Å². The number of hydrazine groups is 1. The van der Waals surface area contributed by atoms with Gasteiger partial charge in [-0.2, -0.15) is 24.9 Å². The van der Waals surface area contributed by atoms with Gasteiger partial charge in [-0.25, -0.2) is 4.68 Å². The maximum Gasteiger partial charge on any atom is 0.318 e. The minimum absolute atomic E-state index is 0.0621. The van der Waals surface area contributed by atoms with Crippen molar-refractivity contribution < 1.29 is 9.47 Å². The van der Waals surface area contributed by atoms with E-state index >= 15 is 0 Å². The summed E-state index contributed by atoms with van der Waals surface area (Å²) in [5, 5.41) is 15.6. The van der Waals surface area contributed by atoms with Crippen LogP contribution in [0.1, 0.15) is 52.8 Å². The molecule has 2 aromatic heterocycles. The standard InChI is InChI=1S/C30H46N14O2/c1-16(45-8)18-15-35-43(17-13-11-10-12-14-17)25(18)41-40-20-22(30(5,6)7)42-44(24(20)34)27-37-26(38-28(39-27)46-9)36-23(33)19(31)21(32)29(2,3)4/h10-15,21,26,36,40-41H,1,31-34H2,2-9H3,(H,37,38,39)/b23-19+. The molecule has 0 spiro atoms. The van der Waals surface area contributed by atoms with E-state index in [1.807, 2.05) is 71.9 Å². The van der Waals surface area contributed by atoms with Gasteiger partial charge in [-0.1, -0.05) is 66.3 Å². The van der Waals surface area contributed by atoms with Gasteiger partial charge in [-0.05, 0) is 17.5 Å². The largest absolute Gasteiger partial charge is 0.497 e. The number of methoxy groups -OCH3 is 2. The number of nitrogen functional groups attached to an aromatic ring is 1. The molecule has 16 heteroatoms. The van der Waals surface area contributed by atoms with Crippen molar-refractivity contribution in [3.8, 4) is 5.69 Å². The van der Waals surface area contributed by atoms with Crippen molar-refractivity contribution in [2.75, 3.05) is 30.8 Å². The monoisotopic (exact) mass is 634 g/mol. The summed E-state index contributed by atoms with van der Waals surface area (Å²) in [6.07, 6.45) is 0.841. The second kappa shape index (κ2) is 12.9. The molecule has 1 aliphatic heterocycles. The van der Waals surface area contributed by atoms with E-state index in [1.165, 1.54) is 11.8 Å². The van der Waals surface area contributed by atoms with Crippen LogP contribution < -0.4 is 44.4 Å². The SMILES string of the molecule is C=C(OC)c1cnn(-c2ccccc2)c1NNc1c(C(C)(C)C)nn(C2=NC(OC)=NC(N/C(N)=C(/N)C(N)C(C)(C)C)N2)c1N. The van der Waals surface area contributed by atoms with Gasteiger partial charge in [0.15, 0.2) is 11.6 Å². The van der Waals surface area contributed by atoms with Gasteiger partial charge in [0.25, 0.3) is 0 Å². The summed E-state index contributed by atoms with van der Waals surface area (Å²) in [6, 6.07) is 9.21. The molecule has 1 aromatic carbocycles. The highest BCUT2D eigenvalue weighted by molar-refractivity contribution is 5.97. The van der Waals surface area contributed by atoms with Crippen LogP contribution in [0, 0.1) is 5.41 Å². The molecule has 3 heterocycles. The smallest absolute Gasteiger partial charge is 0.318 e. The highest BCUT2D eigenvalue weighted by Crippen LogP contribution is 2.34. The van der Waals surface area contributed by atoms with Crippen molar-refractivity contribution >= 4 is 35.1 Å². The first-order valence-electron chi connectivity index (χ1n) is 14.6. The quantitative estimate of drug-likeness (QED) is 0.125. The average Bonchev–Trinajstić information content (AvgIpc) is 3.59. The Labute approximate surface area is 268 Å². The van der Waals surface area contributed by atoms with Crippen LogP contribution in [-0.4, -0.2) is 58.1 Å². The Balaban J connectivity index is 1.70. The molecule has 46 heavy (non-hydrogen) atoms. The number of hydrogen-bond donors (Lipinski definition) is 8. The minimum Gasteiger partial charge on any atom is -0.497 e. The van der Waals surface area contributed by atoms with Crippen LogP contribution in [0.15, 0.2) is 64.6 Å². The van der Waals surface area contributed by atoms with Gasteiger partial charge in [-0.15, -0.1) is 0 Å². The zero-order valence-electron chi connectivity index (χ0n) is 27.6. The Bertz CT molecular complexity index is 1650. The summed E-state index contributed by atoms with van der Waals surface area (Å²) in [5.74, 6) is 1.64. The zero-order valence-corrected chi connectivity index (χ0v) is 27.6. The Kier molecular flexibility index (Phi) is 9.42. The first-order chi connectivity index (χ1) is 21.6. The number of rotatable bonds is 9. The second-order valence-electron chi connectivity index (χ2n) is 12.8. The van der Waals surface area contributed by atoms with E-state index in [9.17, 15) is 0 Å². The Morgan fingerprint density at radius 3 is 2.30 bits per heavy atom. The Morgan fingerprint density at radius 2 is 1.72 bits per heavy atom. The third-order valence-corrected chi connectivity index (χ3v) is 7.22. The molecule has 3 aromatic rings. The predicted octanol–water partition coefficient (Wildman–Crippen LogP) is 2.15. The van der Waals surface area contributed by atoms with E-state index in [4.69, 9.17) is 37.5 Å². The third kappa shape index (κ3) is 6.96. The molecule has 0 bridgehead atoms.